The van der Waals surface area contributed by atoms with Gasteiger partial charge >= 0.3 is 0 Å². The first-order valence-corrected chi connectivity index (χ1v) is 2.95. The van der Waals surface area contributed by atoms with Crippen molar-refractivity contribution in [3.8, 4) is 0 Å². The van der Waals surface area contributed by atoms with Gasteiger partial charge in [0.1, 0.15) is 6.26 Å². The van der Waals surface area contributed by atoms with Crippen molar-refractivity contribution < 1.29 is 4.52 Å². The van der Waals surface area contributed by atoms with Gasteiger partial charge in [-0.3, -0.25) is 0 Å². The lowest BCUT2D eigenvalue weighted by Crippen LogP contribution is -2.08. The Kier molecular flexibility index (Phi) is 1.72. The third-order valence-corrected chi connectivity index (χ3v) is 0.888. The van der Waals surface area contributed by atoms with Crippen LogP contribution in [0.3, 0.4) is 0 Å². The van der Waals surface area contributed by atoms with E-state index in [0.29, 0.717) is 6.04 Å². The fourth-order valence-corrected chi connectivity index (χ4v) is 0.609. The zero-order valence-corrected chi connectivity index (χ0v) is 5.59. The Morgan fingerprint density at radius 2 is 2.44 bits per heavy atom. The second-order valence-electron chi connectivity index (χ2n) is 2.21. The molecule has 0 aromatic carbocycles. The van der Waals surface area contributed by atoms with Crippen LogP contribution >= 0.6 is 0 Å². The SMILES string of the molecule is CC(C)Nc1cnoc1. The minimum atomic E-state index is 0.435. The van der Waals surface area contributed by atoms with Crippen LogP contribution in [0.15, 0.2) is 17.0 Å². The molecule has 0 unspecified atom stereocenters. The molecule has 1 aromatic heterocycles. The molecule has 9 heavy (non-hydrogen) atoms. The molecule has 0 aliphatic heterocycles. The maximum Gasteiger partial charge on any atom is 0.146 e. The molecule has 1 rings (SSSR count). The molecule has 50 valence electrons. The molecule has 1 aromatic rings. The second-order valence-corrected chi connectivity index (χ2v) is 2.21. The summed E-state index contributed by atoms with van der Waals surface area (Å²) in [6, 6.07) is 0.435. The van der Waals surface area contributed by atoms with Gasteiger partial charge in [0.05, 0.1) is 11.9 Å². The van der Waals surface area contributed by atoms with E-state index in [1.165, 1.54) is 0 Å². The lowest BCUT2D eigenvalue weighted by atomic mass is 10.4. The summed E-state index contributed by atoms with van der Waals surface area (Å²) in [5, 5.41) is 6.67. The summed E-state index contributed by atoms with van der Waals surface area (Å²) >= 11 is 0. The largest absolute Gasteiger partial charge is 0.379 e. The van der Waals surface area contributed by atoms with Gasteiger partial charge in [-0.15, -0.1) is 0 Å². The standard InChI is InChI=1S/C6H10N2O/c1-5(2)8-6-3-7-9-4-6/h3-5,8H,1-2H3. The number of nitrogens with zero attached hydrogens (tertiary/aromatic N) is 1. The fourth-order valence-electron chi connectivity index (χ4n) is 0.609. The van der Waals surface area contributed by atoms with Crippen molar-refractivity contribution >= 4 is 5.69 Å². The molecular weight excluding hydrogens is 116 g/mol. The van der Waals surface area contributed by atoms with Crippen LogP contribution in [0.2, 0.25) is 0 Å². The van der Waals surface area contributed by atoms with Crippen molar-refractivity contribution in [1.82, 2.24) is 5.16 Å². The van der Waals surface area contributed by atoms with Gasteiger partial charge < -0.3 is 9.84 Å². The highest BCUT2D eigenvalue weighted by molar-refractivity contribution is 5.36. The molecule has 0 radical (unpaired) electrons. The van der Waals surface area contributed by atoms with E-state index in [0.717, 1.165) is 5.69 Å². The number of aromatic nitrogens is 1. The molecule has 1 N–H and O–H groups in total. The van der Waals surface area contributed by atoms with E-state index in [4.69, 9.17) is 0 Å². The van der Waals surface area contributed by atoms with Gasteiger partial charge in [-0.05, 0) is 13.8 Å². The van der Waals surface area contributed by atoms with Gasteiger partial charge in [0.2, 0.25) is 0 Å². The van der Waals surface area contributed by atoms with Gasteiger partial charge in [-0.1, -0.05) is 5.16 Å². The first kappa shape index (κ1) is 6.13. The van der Waals surface area contributed by atoms with E-state index in [9.17, 15) is 0 Å². The molecule has 0 fully saturated rings. The van der Waals surface area contributed by atoms with Crippen molar-refractivity contribution in [3.63, 3.8) is 0 Å². The minimum Gasteiger partial charge on any atom is -0.379 e. The molecular formula is C6H10N2O. The molecule has 0 bridgehead atoms. The van der Waals surface area contributed by atoms with Crippen molar-refractivity contribution in [2.45, 2.75) is 19.9 Å². The van der Waals surface area contributed by atoms with Gasteiger partial charge in [-0.25, -0.2) is 0 Å². The van der Waals surface area contributed by atoms with Gasteiger partial charge in [0.15, 0.2) is 0 Å². The Hall–Kier alpha value is -0.990. The molecule has 0 amide bonds. The molecule has 3 heteroatoms. The predicted octanol–water partition coefficient (Wildman–Crippen LogP) is 1.49. The summed E-state index contributed by atoms with van der Waals surface area (Å²) in [7, 11) is 0. The summed E-state index contributed by atoms with van der Waals surface area (Å²) in [5.41, 5.74) is 0.935. The Balaban J connectivity index is 2.48. The molecule has 3 nitrogen and oxygen atoms in total. The Bertz CT molecular complexity index is 158. The predicted molar refractivity (Wildman–Crippen MR) is 35.3 cm³/mol. The Morgan fingerprint density at radius 1 is 1.67 bits per heavy atom. The summed E-state index contributed by atoms with van der Waals surface area (Å²) in [5.74, 6) is 0. The third kappa shape index (κ3) is 1.76. The lowest BCUT2D eigenvalue weighted by molar-refractivity contribution is 0.420. The van der Waals surface area contributed by atoms with E-state index >= 15 is 0 Å². The van der Waals surface area contributed by atoms with Crippen LogP contribution in [0.25, 0.3) is 0 Å². The molecule has 0 saturated carbocycles. The van der Waals surface area contributed by atoms with Crippen molar-refractivity contribution in [2.75, 3.05) is 5.32 Å². The molecule has 0 spiro atoms. The highest BCUT2D eigenvalue weighted by Crippen LogP contribution is 2.04. The second kappa shape index (κ2) is 2.53. The lowest BCUT2D eigenvalue weighted by Gasteiger charge is -2.03. The van der Waals surface area contributed by atoms with E-state index in [2.05, 4.69) is 28.8 Å². The van der Waals surface area contributed by atoms with E-state index in [1.807, 2.05) is 0 Å². The normalized spacial score (nSPS) is 10.1. The topological polar surface area (TPSA) is 38.1 Å². The van der Waals surface area contributed by atoms with Crippen LogP contribution < -0.4 is 5.32 Å². The van der Waals surface area contributed by atoms with Crippen LogP contribution in [0.5, 0.6) is 0 Å². The average Bonchev–Trinajstić information content (AvgIpc) is 2.15. The average molecular weight is 126 g/mol. The number of anilines is 1. The fraction of sp³-hybridized carbons (Fsp3) is 0.500. The summed E-state index contributed by atoms with van der Waals surface area (Å²) < 4.78 is 4.60. The maximum atomic E-state index is 4.60. The van der Waals surface area contributed by atoms with Crippen LogP contribution in [0, 0.1) is 0 Å². The molecule has 0 saturated heterocycles. The smallest absolute Gasteiger partial charge is 0.146 e. The van der Waals surface area contributed by atoms with Crippen LogP contribution in [-0.2, 0) is 0 Å². The van der Waals surface area contributed by atoms with Crippen LogP contribution in [-0.4, -0.2) is 11.2 Å². The van der Waals surface area contributed by atoms with Gasteiger partial charge in [0.25, 0.3) is 0 Å². The molecule has 0 atom stereocenters. The molecule has 1 heterocycles. The van der Waals surface area contributed by atoms with E-state index in [1.54, 1.807) is 12.5 Å². The monoisotopic (exact) mass is 126 g/mol. The number of hydrogen-bond donors (Lipinski definition) is 1. The van der Waals surface area contributed by atoms with Crippen molar-refractivity contribution in [3.05, 3.63) is 12.5 Å². The van der Waals surface area contributed by atoms with Gasteiger partial charge in [0, 0.05) is 6.04 Å². The number of nitrogens with one attached hydrogen (secondary N) is 1. The van der Waals surface area contributed by atoms with E-state index < -0.39 is 0 Å². The highest BCUT2D eigenvalue weighted by atomic mass is 16.5. The Labute approximate surface area is 54.0 Å². The van der Waals surface area contributed by atoms with E-state index in [-0.39, 0.29) is 0 Å². The van der Waals surface area contributed by atoms with Gasteiger partial charge in [-0.2, -0.15) is 0 Å². The third-order valence-electron chi connectivity index (χ3n) is 0.888. The highest BCUT2D eigenvalue weighted by Gasteiger charge is 1.94. The minimum absolute atomic E-state index is 0.435. The zero-order valence-electron chi connectivity index (χ0n) is 5.59. The Morgan fingerprint density at radius 3 is 2.89 bits per heavy atom. The summed E-state index contributed by atoms with van der Waals surface area (Å²) in [4.78, 5) is 0. The van der Waals surface area contributed by atoms with Crippen LogP contribution in [0.1, 0.15) is 13.8 Å². The molecule has 0 aliphatic rings. The summed E-state index contributed by atoms with van der Waals surface area (Å²) in [6.45, 7) is 4.12. The first-order valence-electron chi connectivity index (χ1n) is 2.95. The zero-order chi connectivity index (χ0) is 6.69. The summed E-state index contributed by atoms with van der Waals surface area (Å²) in [6.07, 6.45) is 3.24. The van der Waals surface area contributed by atoms with Crippen molar-refractivity contribution in [1.29, 1.82) is 0 Å². The quantitative estimate of drug-likeness (QED) is 0.652. The van der Waals surface area contributed by atoms with Crippen LogP contribution in [0.4, 0.5) is 5.69 Å². The first-order chi connectivity index (χ1) is 4.29. The maximum absolute atomic E-state index is 4.60. The number of rotatable bonds is 2. The molecule has 0 aliphatic carbocycles. The van der Waals surface area contributed by atoms with Crippen molar-refractivity contribution in [2.24, 2.45) is 0 Å². The number of hydrogen-bond acceptors (Lipinski definition) is 3.